The fourth-order valence-electron chi connectivity index (χ4n) is 4.57. The molecule has 0 heterocycles. The van der Waals surface area contributed by atoms with Gasteiger partial charge in [0.05, 0.1) is 0 Å². The Morgan fingerprint density at radius 1 is 0.278 bits per heavy atom. The summed E-state index contributed by atoms with van der Waals surface area (Å²) in [5.74, 6) is 0. The first-order valence-corrected chi connectivity index (χ1v) is 13.7. The van der Waals surface area contributed by atoms with Gasteiger partial charge in [0.2, 0.25) is 0 Å². The van der Waals surface area contributed by atoms with Gasteiger partial charge in [-0.3, -0.25) is 0 Å². The van der Waals surface area contributed by atoms with Gasteiger partial charge in [0, 0.05) is 0 Å². The number of rotatable bonds is 1. The van der Waals surface area contributed by atoms with Gasteiger partial charge in [0.1, 0.15) is 0 Å². The molecule has 36 heavy (non-hydrogen) atoms. The van der Waals surface area contributed by atoms with E-state index >= 15 is 0 Å². The minimum Gasteiger partial charge on any atom is -0.0683 e. The van der Waals surface area contributed by atoms with E-state index in [9.17, 15) is 0 Å². The molecule has 0 aliphatic carbocycles. The van der Waals surface area contributed by atoms with Gasteiger partial charge >= 0.3 is 0 Å². The highest BCUT2D eigenvalue weighted by molar-refractivity contribution is 6.23. The third-order valence-electron chi connectivity index (χ3n) is 5.79. The average molecular weight is 475 g/mol. The lowest BCUT2D eigenvalue weighted by Crippen LogP contribution is -1.89. The Bertz CT molecular complexity index is 1280. The zero-order chi connectivity index (χ0) is 26.5. The van der Waals surface area contributed by atoms with Gasteiger partial charge < -0.3 is 0 Å². The molecule has 0 aliphatic heterocycles. The Balaban J connectivity index is 0.000000523. The fourth-order valence-corrected chi connectivity index (χ4v) is 4.57. The monoisotopic (exact) mass is 474 g/mol. The van der Waals surface area contributed by atoms with E-state index in [-0.39, 0.29) is 0 Å². The molecular weight excluding hydrogens is 432 g/mol. The van der Waals surface area contributed by atoms with Crippen LogP contribution in [0.3, 0.4) is 0 Å². The first-order valence-electron chi connectivity index (χ1n) is 13.7. The van der Waals surface area contributed by atoms with Crippen LogP contribution in [-0.2, 0) is 0 Å². The molecule has 0 heteroatoms. The van der Waals surface area contributed by atoms with Crippen molar-refractivity contribution in [2.75, 3.05) is 0 Å². The summed E-state index contributed by atoms with van der Waals surface area (Å²) in [4.78, 5) is 0. The molecule has 0 fully saturated rings. The molecule has 0 spiro atoms. The highest BCUT2D eigenvalue weighted by Crippen LogP contribution is 2.43. The second-order valence-electron chi connectivity index (χ2n) is 7.39. The van der Waals surface area contributed by atoms with E-state index in [0.717, 1.165) is 0 Å². The first-order chi connectivity index (χ1) is 17.9. The molecule has 6 aromatic carbocycles. The molecule has 0 amide bonds. The summed E-state index contributed by atoms with van der Waals surface area (Å²) in [6.07, 6.45) is 0. The standard InChI is InChI=1S/C28H18.4C2H6/c1-5-13-23-19(9-1)17-20-10-2-6-14-24(20)27(23)28-25-15-7-3-11-21(25)18-22-12-4-8-16-26(22)28;4*1-2/h1-18H;4*1-2H3. The van der Waals surface area contributed by atoms with Crippen molar-refractivity contribution in [2.45, 2.75) is 55.4 Å². The van der Waals surface area contributed by atoms with Gasteiger partial charge in [-0.15, -0.1) is 0 Å². The van der Waals surface area contributed by atoms with Crippen molar-refractivity contribution in [3.05, 3.63) is 109 Å². The van der Waals surface area contributed by atoms with E-state index in [2.05, 4.69) is 109 Å². The zero-order valence-electron chi connectivity index (χ0n) is 23.4. The van der Waals surface area contributed by atoms with Crippen molar-refractivity contribution in [2.24, 2.45) is 0 Å². The second kappa shape index (κ2) is 14.7. The lowest BCUT2D eigenvalue weighted by molar-refractivity contribution is 1.50. The fraction of sp³-hybridized carbons (Fsp3) is 0.222. The van der Waals surface area contributed by atoms with Crippen LogP contribution in [0, 0.1) is 0 Å². The smallest absolute Gasteiger partial charge is 0.00143 e. The van der Waals surface area contributed by atoms with Crippen molar-refractivity contribution in [1.29, 1.82) is 0 Å². The molecular formula is C36H42. The average Bonchev–Trinajstić information content (AvgIpc) is 2.99. The van der Waals surface area contributed by atoms with Crippen LogP contribution >= 0.6 is 0 Å². The topological polar surface area (TPSA) is 0 Å². The van der Waals surface area contributed by atoms with Crippen LogP contribution in [0.15, 0.2) is 109 Å². The molecule has 0 atom stereocenters. The number of benzene rings is 6. The summed E-state index contributed by atoms with van der Waals surface area (Å²) < 4.78 is 0. The van der Waals surface area contributed by atoms with Crippen LogP contribution in [0.1, 0.15) is 55.4 Å². The van der Waals surface area contributed by atoms with Gasteiger partial charge in [-0.05, 0) is 66.3 Å². The number of hydrogen-bond acceptors (Lipinski definition) is 0. The Morgan fingerprint density at radius 2 is 0.472 bits per heavy atom. The summed E-state index contributed by atoms with van der Waals surface area (Å²) in [5.41, 5.74) is 2.67. The Morgan fingerprint density at radius 3 is 0.694 bits per heavy atom. The Kier molecular flexibility index (Phi) is 11.7. The Hall–Kier alpha value is -3.64. The highest BCUT2D eigenvalue weighted by atomic mass is 14.2. The van der Waals surface area contributed by atoms with Crippen LogP contribution in [0.25, 0.3) is 54.2 Å². The highest BCUT2D eigenvalue weighted by Gasteiger charge is 2.15. The van der Waals surface area contributed by atoms with Gasteiger partial charge in [0.15, 0.2) is 0 Å². The normalized spacial score (nSPS) is 9.67. The molecule has 186 valence electrons. The van der Waals surface area contributed by atoms with Crippen molar-refractivity contribution in [3.8, 4) is 11.1 Å². The molecule has 6 rings (SSSR count). The SMILES string of the molecule is CC.CC.CC.CC.c1ccc2c(-c3c4ccccc4cc4ccccc34)c3ccccc3cc2c1. The van der Waals surface area contributed by atoms with Crippen molar-refractivity contribution >= 4 is 43.1 Å². The maximum atomic E-state index is 2.31. The molecule has 0 N–H and O–H groups in total. The van der Waals surface area contributed by atoms with E-state index in [0.29, 0.717) is 0 Å². The number of fused-ring (bicyclic) bond motifs is 4. The molecule has 0 radical (unpaired) electrons. The van der Waals surface area contributed by atoms with Gasteiger partial charge in [-0.25, -0.2) is 0 Å². The predicted molar refractivity (Wildman–Crippen MR) is 167 cm³/mol. The molecule has 0 bridgehead atoms. The van der Waals surface area contributed by atoms with Crippen molar-refractivity contribution < 1.29 is 0 Å². The van der Waals surface area contributed by atoms with Crippen LogP contribution in [0.4, 0.5) is 0 Å². The van der Waals surface area contributed by atoms with Crippen LogP contribution < -0.4 is 0 Å². The van der Waals surface area contributed by atoms with E-state index in [1.165, 1.54) is 54.2 Å². The molecule has 0 nitrogen and oxygen atoms in total. The lowest BCUT2D eigenvalue weighted by Gasteiger charge is -2.17. The Labute approximate surface area is 218 Å². The summed E-state index contributed by atoms with van der Waals surface area (Å²) in [5, 5.41) is 10.4. The molecule has 0 unspecified atom stereocenters. The van der Waals surface area contributed by atoms with Crippen molar-refractivity contribution in [1.82, 2.24) is 0 Å². The molecule has 0 saturated heterocycles. The van der Waals surface area contributed by atoms with Crippen molar-refractivity contribution in [3.63, 3.8) is 0 Å². The minimum atomic E-state index is 1.29. The zero-order valence-corrected chi connectivity index (χ0v) is 23.4. The summed E-state index contributed by atoms with van der Waals surface area (Å²) in [6.45, 7) is 16.0. The van der Waals surface area contributed by atoms with E-state index < -0.39 is 0 Å². The lowest BCUT2D eigenvalue weighted by atomic mass is 9.86. The molecule has 0 aliphatic rings. The third kappa shape index (κ3) is 5.60. The molecule has 6 aromatic rings. The first kappa shape index (κ1) is 28.6. The van der Waals surface area contributed by atoms with E-state index in [4.69, 9.17) is 0 Å². The maximum Gasteiger partial charge on any atom is -0.00143 e. The molecule has 0 saturated carbocycles. The minimum absolute atomic E-state index is 1.29. The van der Waals surface area contributed by atoms with E-state index in [1.807, 2.05) is 55.4 Å². The predicted octanol–water partition coefficient (Wildman–Crippen LogP) is 12.1. The quantitative estimate of drug-likeness (QED) is 0.208. The number of hydrogen-bond donors (Lipinski definition) is 0. The van der Waals surface area contributed by atoms with Crippen LogP contribution in [0.5, 0.6) is 0 Å². The maximum absolute atomic E-state index is 2.31. The van der Waals surface area contributed by atoms with E-state index in [1.54, 1.807) is 0 Å². The second-order valence-corrected chi connectivity index (χ2v) is 7.39. The summed E-state index contributed by atoms with van der Waals surface area (Å²) >= 11 is 0. The van der Waals surface area contributed by atoms with Crippen LogP contribution in [-0.4, -0.2) is 0 Å². The van der Waals surface area contributed by atoms with Gasteiger partial charge in [-0.1, -0.05) is 152 Å². The summed E-state index contributed by atoms with van der Waals surface area (Å²) in [7, 11) is 0. The third-order valence-corrected chi connectivity index (χ3v) is 5.79. The largest absolute Gasteiger partial charge is 0.0683 e. The molecule has 0 aromatic heterocycles. The van der Waals surface area contributed by atoms with Gasteiger partial charge in [0.25, 0.3) is 0 Å². The van der Waals surface area contributed by atoms with Gasteiger partial charge in [-0.2, -0.15) is 0 Å². The van der Waals surface area contributed by atoms with Crippen LogP contribution in [0.2, 0.25) is 0 Å². The summed E-state index contributed by atoms with van der Waals surface area (Å²) in [6, 6.07) is 39.6.